The van der Waals surface area contributed by atoms with Gasteiger partial charge in [-0.1, -0.05) is 0 Å². The van der Waals surface area contributed by atoms with E-state index in [0.29, 0.717) is 0 Å². The molecule has 1 aromatic carbocycles. The molecule has 1 rings (SSSR count). The molecule has 0 saturated carbocycles. The van der Waals surface area contributed by atoms with Gasteiger partial charge in [-0.2, -0.15) is 0 Å². The van der Waals surface area contributed by atoms with E-state index in [1.54, 1.807) is 7.11 Å². The molecule has 0 N–H and O–H groups in total. The topological polar surface area (TPSA) is 9.23 Å². The minimum Gasteiger partial charge on any atom is -1.00 e. The summed E-state index contributed by atoms with van der Waals surface area (Å²) in [5, 5.41) is 0. The molecule has 0 heterocycles. The fourth-order valence-corrected chi connectivity index (χ4v) is 1.08. The highest BCUT2D eigenvalue weighted by atomic mass is 127. The van der Waals surface area contributed by atoms with Crippen molar-refractivity contribution in [1.82, 2.24) is 0 Å². The highest BCUT2D eigenvalue weighted by molar-refractivity contribution is 14.1. The van der Waals surface area contributed by atoms with Gasteiger partial charge in [0, 0.05) is 3.57 Å². The Kier molecular flexibility index (Phi) is 9.96. The Bertz CT molecular complexity index is 283. The van der Waals surface area contributed by atoms with Crippen molar-refractivity contribution in [1.29, 1.82) is 0 Å². The van der Waals surface area contributed by atoms with Gasteiger partial charge in [-0.15, -0.1) is 0 Å². The third-order valence-corrected chi connectivity index (χ3v) is 2.58. The third kappa shape index (κ3) is 8.52. The Hall–Kier alpha value is -0.465. The highest BCUT2D eigenvalue weighted by Gasteiger charge is 2.06. The zero-order chi connectivity index (χ0) is 11.1. The standard InChI is InChI=1S/C8H9IO.BF3.FH/c1-6-5-7(10-2)3-4-8(6)9;2-1(3)4;/h3-5H,1-2H3;;1H/p-1. The van der Waals surface area contributed by atoms with Gasteiger partial charge in [0.1, 0.15) is 5.75 Å². The lowest BCUT2D eigenvalue weighted by atomic mass is 10.2. The van der Waals surface area contributed by atoms with Crippen molar-refractivity contribution in [3.63, 3.8) is 0 Å². The first-order chi connectivity index (χ1) is 6.47. The van der Waals surface area contributed by atoms with Gasteiger partial charge in [-0.25, -0.2) is 0 Å². The first kappa shape index (κ1) is 16.9. The number of hydrogen-bond acceptors (Lipinski definition) is 1. The van der Waals surface area contributed by atoms with Crippen molar-refractivity contribution in [2.45, 2.75) is 6.92 Å². The average Bonchev–Trinajstić information content (AvgIpc) is 2.09. The predicted octanol–water partition coefficient (Wildman–Crippen LogP) is 0.492. The van der Waals surface area contributed by atoms with Gasteiger partial charge in [0.2, 0.25) is 0 Å². The Morgan fingerprint density at radius 3 is 2.07 bits per heavy atom. The Morgan fingerprint density at radius 2 is 1.73 bits per heavy atom. The lowest BCUT2D eigenvalue weighted by Gasteiger charge is -2.01. The van der Waals surface area contributed by atoms with Gasteiger partial charge in [-0.3, -0.25) is 12.9 Å². The van der Waals surface area contributed by atoms with Crippen molar-refractivity contribution in [2.24, 2.45) is 0 Å². The molecule has 1 nitrogen and oxygen atoms in total. The Morgan fingerprint density at radius 1 is 1.27 bits per heavy atom. The summed E-state index contributed by atoms with van der Waals surface area (Å²) in [4.78, 5) is 0. The van der Waals surface area contributed by atoms with Crippen LogP contribution in [0.3, 0.4) is 0 Å². The van der Waals surface area contributed by atoms with Gasteiger partial charge in [0.25, 0.3) is 0 Å². The molecule has 1 aromatic rings. The number of ether oxygens (including phenoxy) is 1. The van der Waals surface area contributed by atoms with Crippen LogP contribution >= 0.6 is 22.6 Å². The molecule has 0 aliphatic rings. The molecule has 0 aromatic heterocycles. The highest BCUT2D eigenvalue weighted by Crippen LogP contribution is 2.17. The monoisotopic (exact) mass is 335 g/mol. The fraction of sp³-hybridized carbons (Fsp3) is 0.250. The molecule has 0 amide bonds. The number of aryl methyl sites for hydroxylation is 1. The summed E-state index contributed by atoms with van der Waals surface area (Å²) in [5.74, 6) is 0.929. The lowest BCUT2D eigenvalue weighted by Crippen LogP contribution is -3.00. The van der Waals surface area contributed by atoms with Crippen LogP contribution in [0.15, 0.2) is 18.2 Å². The molecule has 0 spiro atoms. The maximum absolute atomic E-state index is 9.67. The number of benzene rings is 1. The first-order valence-corrected chi connectivity index (χ1v) is 4.77. The van der Waals surface area contributed by atoms with Gasteiger partial charge in [0.15, 0.2) is 0 Å². The van der Waals surface area contributed by atoms with Gasteiger partial charge in [-0.05, 0) is 53.3 Å². The van der Waals surface area contributed by atoms with Crippen LogP contribution in [-0.4, -0.2) is 14.7 Å². The summed E-state index contributed by atoms with van der Waals surface area (Å²) >= 11 is 2.30. The summed E-state index contributed by atoms with van der Waals surface area (Å²) in [6.07, 6.45) is 0. The van der Waals surface area contributed by atoms with Crippen molar-refractivity contribution >= 4 is 30.1 Å². The van der Waals surface area contributed by atoms with Crippen LogP contribution in [0.2, 0.25) is 0 Å². The number of hydrogen-bond donors (Lipinski definition) is 0. The molecule has 15 heavy (non-hydrogen) atoms. The van der Waals surface area contributed by atoms with Crippen LogP contribution in [-0.2, 0) is 0 Å². The second-order valence-corrected chi connectivity index (χ2v) is 3.52. The molecule has 0 unspecified atom stereocenters. The van der Waals surface area contributed by atoms with Crippen LogP contribution in [0.4, 0.5) is 12.9 Å². The molecule has 0 fully saturated rings. The predicted molar refractivity (Wildman–Crippen MR) is 59.5 cm³/mol. The molecule has 0 saturated heterocycles. The quantitative estimate of drug-likeness (QED) is 0.413. The molecule has 0 aliphatic heterocycles. The smallest absolute Gasteiger partial charge is 0.762 e. The zero-order valence-corrected chi connectivity index (χ0v) is 10.3. The van der Waals surface area contributed by atoms with Gasteiger partial charge < -0.3 is 9.44 Å². The van der Waals surface area contributed by atoms with E-state index in [-0.39, 0.29) is 4.70 Å². The number of rotatable bonds is 1. The van der Waals surface area contributed by atoms with E-state index in [1.807, 2.05) is 12.1 Å². The third-order valence-electron chi connectivity index (χ3n) is 1.37. The average molecular weight is 335 g/mol. The van der Waals surface area contributed by atoms with Crippen LogP contribution in [0, 0.1) is 10.5 Å². The molecule has 7 heteroatoms. The molecule has 0 bridgehead atoms. The Labute approximate surface area is 99.7 Å². The normalized spacial score (nSPS) is 8.13. The van der Waals surface area contributed by atoms with E-state index >= 15 is 0 Å². The Balaban J connectivity index is 0. The fourth-order valence-electron chi connectivity index (χ4n) is 0.744. The summed E-state index contributed by atoms with van der Waals surface area (Å²) in [7, 11) is -1.98. The van der Waals surface area contributed by atoms with E-state index in [9.17, 15) is 12.9 Å². The molecular weight excluding hydrogens is 326 g/mol. The summed E-state index contributed by atoms with van der Waals surface area (Å²) in [6, 6.07) is 6.05. The summed E-state index contributed by atoms with van der Waals surface area (Å²) in [6.45, 7) is 2.07. The summed E-state index contributed by atoms with van der Waals surface area (Å²) in [5.41, 5.74) is 1.26. The maximum atomic E-state index is 9.67. The first-order valence-electron chi connectivity index (χ1n) is 3.69. The summed E-state index contributed by atoms with van der Waals surface area (Å²) < 4.78 is 35.3. The number of halogens is 5. The van der Waals surface area contributed by atoms with Crippen molar-refractivity contribution in [3.8, 4) is 5.75 Å². The van der Waals surface area contributed by atoms with Crippen molar-refractivity contribution < 1.29 is 22.4 Å². The van der Waals surface area contributed by atoms with Crippen molar-refractivity contribution in [3.05, 3.63) is 27.3 Å². The van der Waals surface area contributed by atoms with Crippen LogP contribution in [0.1, 0.15) is 5.56 Å². The lowest BCUT2D eigenvalue weighted by molar-refractivity contribution is -0.00000597. The zero-order valence-electron chi connectivity index (χ0n) is 8.11. The van der Waals surface area contributed by atoms with Gasteiger partial charge in [0.05, 0.1) is 7.11 Å². The molecule has 0 radical (unpaired) electrons. The maximum Gasteiger partial charge on any atom is 0.762 e. The molecule has 0 atom stereocenters. The molecule has 0 aliphatic carbocycles. The van der Waals surface area contributed by atoms with Crippen molar-refractivity contribution in [2.75, 3.05) is 7.11 Å². The second-order valence-electron chi connectivity index (χ2n) is 2.36. The van der Waals surface area contributed by atoms with Crippen LogP contribution in [0.5, 0.6) is 5.75 Å². The van der Waals surface area contributed by atoms with Crippen LogP contribution < -0.4 is 9.44 Å². The molecular formula is C8H9BF4IO-. The largest absolute Gasteiger partial charge is 1.00 e. The van der Waals surface area contributed by atoms with E-state index in [2.05, 4.69) is 35.6 Å². The minimum atomic E-state index is -3.67. The minimum absolute atomic E-state index is 0. The van der Waals surface area contributed by atoms with E-state index in [4.69, 9.17) is 4.74 Å². The van der Waals surface area contributed by atoms with E-state index in [0.717, 1.165) is 5.75 Å². The number of methoxy groups -OCH3 is 1. The SMILES string of the molecule is COc1ccc(I)c(C)c1.FB(F)F.[F-]. The molecule has 86 valence electrons. The van der Waals surface area contributed by atoms with Gasteiger partial charge >= 0.3 is 7.54 Å². The van der Waals surface area contributed by atoms with E-state index in [1.165, 1.54) is 9.13 Å². The second kappa shape index (κ2) is 8.81. The van der Waals surface area contributed by atoms with Crippen LogP contribution in [0.25, 0.3) is 0 Å². The van der Waals surface area contributed by atoms with E-state index < -0.39 is 7.54 Å².